The summed E-state index contributed by atoms with van der Waals surface area (Å²) in [5, 5.41) is 0. The van der Waals surface area contributed by atoms with Gasteiger partial charge in [0.1, 0.15) is 11.6 Å². The van der Waals surface area contributed by atoms with Crippen molar-refractivity contribution < 1.29 is 0 Å². The molecular formula is C12H18N4O. The zero-order valence-electron chi connectivity index (χ0n) is 9.85. The molecule has 1 saturated carbocycles. The van der Waals surface area contributed by atoms with Crippen molar-refractivity contribution in [1.29, 1.82) is 0 Å². The van der Waals surface area contributed by atoms with E-state index in [0.29, 0.717) is 18.5 Å². The van der Waals surface area contributed by atoms with E-state index in [9.17, 15) is 4.79 Å². The first kappa shape index (κ1) is 10.8. The molecule has 1 atom stereocenters. The highest BCUT2D eigenvalue weighted by Crippen LogP contribution is 2.38. The van der Waals surface area contributed by atoms with Crippen LogP contribution in [0.2, 0.25) is 0 Å². The number of nitrogens with two attached hydrogens (primary N) is 1. The van der Waals surface area contributed by atoms with Gasteiger partial charge in [0.2, 0.25) is 0 Å². The zero-order valence-corrected chi connectivity index (χ0v) is 9.85. The standard InChI is InChI=1S/C12H18N4O/c13-7-9-2-1-5-16(9)10-6-11(17)15-12(14-10)8-3-4-8/h6,8-9H,1-5,7,13H2,(H,14,15,17). The minimum atomic E-state index is -0.0421. The van der Waals surface area contributed by atoms with Crippen LogP contribution in [0.15, 0.2) is 10.9 Å². The van der Waals surface area contributed by atoms with E-state index >= 15 is 0 Å². The molecule has 1 aliphatic carbocycles. The van der Waals surface area contributed by atoms with Gasteiger partial charge in [0, 0.05) is 31.1 Å². The second-order valence-corrected chi connectivity index (χ2v) is 4.99. The lowest BCUT2D eigenvalue weighted by Crippen LogP contribution is -2.36. The second kappa shape index (κ2) is 4.14. The lowest BCUT2D eigenvalue weighted by molar-refractivity contribution is 0.667. The molecule has 0 amide bonds. The summed E-state index contributed by atoms with van der Waals surface area (Å²) in [4.78, 5) is 21.3. The van der Waals surface area contributed by atoms with Crippen LogP contribution in [0.4, 0.5) is 5.82 Å². The molecule has 2 aliphatic rings. The van der Waals surface area contributed by atoms with Gasteiger partial charge in [-0.3, -0.25) is 4.79 Å². The summed E-state index contributed by atoms with van der Waals surface area (Å²) in [6.45, 7) is 1.59. The molecule has 5 heteroatoms. The highest BCUT2D eigenvalue weighted by Gasteiger charge is 2.29. The monoisotopic (exact) mass is 234 g/mol. The van der Waals surface area contributed by atoms with Gasteiger partial charge in [-0.25, -0.2) is 4.98 Å². The highest BCUT2D eigenvalue weighted by atomic mass is 16.1. The van der Waals surface area contributed by atoms with Gasteiger partial charge in [0.25, 0.3) is 5.56 Å². The summed E-state index contributed by atoms with van der Waals surface area (Å²) in [6, 6.07) is 1.94. The van der Waals surface area contributed by atoms with Crippen LogP contribution >= 0.6 is 0 Å². The van der Waals surface area contributed by atoms with Crippen LogP contribution in [0.1, 0.15) is 37.4 Å². The molecule has 3 rings (SSSR count). The molecule has 1 saturated heterocycles. The first-order chi connectivity index (χ1) is 8.28. The number of hydrogen-bond acceptors (Lipinski definition) is 4. The Hall–Kier alpha value is -1.36. The van der Waals surface area contributed by atoms with E-state index in [1.165, 1.54) is 0 Å². The van der Waals surface area contributed by atoms with E-state index in [4.69, 9.17) is 5.73 Å². The maximum Gasteiger partial charge on any atom is 0.252 e. The fourth-order valence-electron chi connectivity index (χ4n) is 2.54. The van der Waals surface area contributed by atoms with Gasteiger partial charge in [-0.2, -0.15) is 0 Å². The van der Waals surface area contributed by atoms with E-state index < -0.39 is 0 Å². The Balaban J connectivity index is 1.93. The van der Waals surface area contributed by atoms with Gasteiger partial charge in [0.15, 0.2) is 0 Å². The van der Waals surface area contributed by atoms with E-state index in [1.54, 1.807) is 6.07 Å². The number of nitrogens with zero attached hydrogens (tertiary/aromatic N) is 2. The molecule has 0 aromatic carbocycles. The lowest BCUT2D eigenvalue weighted by Gasteiger charge is -2.24. The van der Waals surface area contributed by atoms with Crippen molar-refractivity contribution in [2.75, 3.05) is 18.0 Å². The van der Waals surface area contributed by atoms with Crippen molar-refractivity contribution in [1.82, 2.24) is 9.97 Å². The van der Waals surface area contributed by atoms with E-state index in [2.05, 4.69) is 14.9 Å². The Morgan fingerprint density at radius 1 is 1.47 bits per heavy atom. The molecule has 0 bridgehead atoms. The molecular weight excluding hydrogens is 216 g/mol. The summed E-state index contributed by atoms with van der Waals surface area (Å²) >= 11 is 0. The largest absolute Gasteiger partial charge is 0.352 e. The van der Waals surface area contributed by atoms with Gasteiger partial charge in [0.05, 0.1) is 0 Å². The number of hydrogen-bond donors (Lipinski definition) is 2. The Bertz CT molecular complexity index is 466. The second-order valence-electron chi connectivity index (χ2n) is 4.99. The van der Waals surface area contributed by atoms with Gasteiger partial charge >= 0.3 is 0 Å². The first-order valence-electron chi connectivity index (χ1n) is 6.36. The Labute approximate surface area is 100 Å². The molecule has 0 radical (unpaired) electrons. The summed E-state index contributed by atoms with van der Waals surface area (Å²) in [5.74, 6) is 2.14. The number of aromatic amines is 1. The SMILES string of the molecule is NCC1CCCN1c1cc(=O)[nH]c(C2CC2)n1. The van der Waals surface area contributed by atoms with Gasteiger partial charge in [-0.05, 0) is 25.7 Å². The lowest BCUT2D eigenvalue weighted by atomic mass is 10.2. The Kier molecular flexibility index (Phi) is 2.63. The van der Waals surface area contributed by atoms with Gasteiger partial charge in [-0.1, -0.05) is 0 Å². The molecule has 1 unspecified atom stereocenters. The molecule has 1 aliphatic heterocycles. The zero-order chi connectivity index (χ0) is 11.8. The number of aromatic nitrogens is 2. The van der Waals surface area contributed by atoms with Crippen molar-refractivity contribution in [2.45, 2.75) is 37.6 Å². The van der Waals surface area contributed by atoms with Gasteiger partial charge in [-0.15, -0.1) is 0 Å². The minimum Gasteiger partial charge on any atom is -0.352 e. The molecule has 2 fully saturated rings. The van der Waals surface area contributed by atoms with Crippen molar-refractivity contribution in [3.63, 3.8) is 0 Å². The summed E-state index contributed by atoms with van der Waals surface area (Å²) in [5.41, 5.74) is 5.71. The molecule has 17 heavy (non-hydrogen) atoms. The number of anilines is 1. The van der Waals surface area contributed by atoms with Crippen molar-refractivity contribution in [3.8, 4) is 0 Å². The molecule has 1 aromatic rings. The first-order valence-corrected chi connectivity index (χ1v) is 6.36. The Morgan fingerprint density at radius 3 is 3.00 bits per heavy atom. The quantitative estimate of drug-likeness (QED) is 0.802. The van der Waals surface area contributed by atoms with Crippen LogP contribution < -0.4 is 16.2 Å². The third-order valence-corrected chi connectivity index (χ3v) is 3.65. The molecule has 0 spiro atoms. The number of H-pyrrole nitrogens is 1. The Morgan fingerprint density at radius 2 is 2.29 bits per heavy atom. The topological polar surface area (TPSA) is 75.0 Å². The maximum atomic E-state index is 11.6. The summed E-state index contributed by atoms with van der Waals surface area (Å²) < 4.78 is 0. The smallest absolute Gasteiger partial charge is 0.252 e. The van der Waals surface area contributed by atoms with E-state index in [0.717, 1.165) is 43.9 Å². The number of rotatable bonds is 3. The molecule has 3 N–H and O–H groups in total. The predicted molar refractivity (Wildman–Crippen MR) is 66.3 cm³/mol. The van der Waals surface area contributed by atoms with E-state index in [-0.39, 0.29) is 5.56 Å². The summed E-state index contributed by atoms with van der Waals surface area (Å²) in [7, 11) is 0. The summed E-state index contributed by atoms with van der Waals surface area (Å²) in [6.07, 6.45) is 4.53. The fourth-order valence-corrected chi connectivity index (χ4v) is 2.54. The molecule has 92 valence electrons. The van der Waals surface area contributed by atoms with Gasteiger partial charge < -0.3 is 15.6 Å². The molecule has 5 nitrogen and oxygen atoms in total. The average molecular weight is 234 g/mol. The van der Waals surface area contributed by atoms with Crippen LogP contribution in [-0.2, 0) is 0 Å². The van der Waals surface area contributed by atoms with Crippen molar-refractivity contribution in [3.05, 3.63) is 22.2 Å². The van der Waals surface area contributed by atoms with E-state index in [1.807, 2.05) is 0 Å². The van der Waals surface area contributed by atoms with Crippen LogP contribution in [0.5, 0.6) is 0 Å². The predicted octanol–water partition coefficient (Wildman–Crippen LogP) is 0.575. The molecule has 1 aromatic heterocycles. The number of nitrogens with one attached hydrogen (secondary N) is 1. The van der Waals surface area contributed by atoms with Crippen LogP contribution in [-0.4, -0.2) is 29.1 Å². The fraction of sp³-hybridized carbons (Fsp3) is 0.667. The highest BCUT2D eigenvalue weighted by molar-refractivity contribution is 5.41. The average Bonchev–Trinajstić information content (AvgIpc) is 3.06. The van der Waals surface area contributed by atoms with Crippen LogP contribution in [0, 0.1) is 0 Å². The minimum absolute atomic E-state index is 0.0421. The molecule has 2 heterocycles. The third kappa shape index (κ3) is 2.07. The maximum absolute atomic E-state index is 11.6. The third-order valence-electron chi connectivity index (χ3n) is 3.65. The normalized spacial score (nSPS) is 24.3. The van der Waals surface area contributed by atoms with Crippen LogP contribution in [0.3, 0.4) is 0 Å². The van der Waals surface area contributed by atoms with Crippen molar-refractivity contribution in [2.24, 2.45) is 5.73 Å². The van der Waals surface area contributed by atoms with Crippen molar-refractivity contribution >= 4 is 5.82 Å². The van der Waals surface area contributed by atoms with Crippen LogP contribution in [0.25, 0.3) is 0 Å².